The van der Waals surface area contributed by atoms with E-state index in [4.69, 9.17) is 5.90 Å². The molecule has 1 heterocycles. The second-order valence-corrected chi connectivity index (χ2v) is 7.59. The second-order valence-electron chi connectivity index (χ2n) is 7.59. The Morgan fingerprint density at radius 3 is 2.22 bits per heavy atom. The van der Waals surface area contributed by atoms with Crippen LogP contribution in [0.15, 0.2) is 73.0 Å². The molecule has 3 rings (SSSR count). The number of nitrogens with zero attached hydrogens (tertiary/aromatic N) is 3. The van der Waals surface area contributed by atoms with Crippen LogP contribution in [0.3, 0.4) is 0 Å². The lowest BCUT2D eigenvalue weighted by molar-refractivity contribution is -0.467. The summed E-state index contributed by atoms with van der Waals surface area (Å²) in [5, 5.41) is 2.46. The van der Waals surface area contributed by atoms with E-state index in [1.54, 1.807) is 30.0 Å². The van der Waals surface area contributed by atoms with Crippen LogP contribution in [0.5, 0.6) is 0 Å². The van der Waals surface area contributed by atoms with E-state index in [-0.39, 0.29) is 11.8 Å². The van der Waals surface area contributed by atoms with Crippen LogP contribution in [0, 0.1) is 13.8 Å². The molecule has 0 aliphatic heterocycles. The monoisotopic (exact) mass is 516 g/mol. The molecular formula is C27H33F3N5O2+. The van der Waals surface area contributed by atoms with Crippen molar-refractivity contribution in [2.45, 2.75) is 47.3 Å². The van der Waals surface area contributed by atoms with E-state index in [1.807, 2.05) is 45.0 Å². The third-order valence-corrected chi connectivity index (χ3v) is 4.57. The standard InChI is InChI=1S/C17H19N5O2.C8H7F3.C2H6/c1-12-17(20-9-8-19-12)15-6-4-14(5-7-15)10-22(3)11-16(24-18)21-13(2)23;1-6-3-2-4-7(5-6)8(9,10)11;1-2/h4-9,11H,3,10,18H2,1-2H3;2-5H,1H3;1-2H3/p+1/b16-11-;;. The molecule has 3 N–H and O–H groups in total. The number of aryl methyl sites for hydroxylation is 2. The number of amides is 1. The molecule has 0 saturated heterocycles. The first-order valence-corrected chi connectivity index (χ1v) is 11.4. The number of carbonyl (C=O) groups is 1. The van der Waals surface area contributed by atoms with Gasteiger partial charge in [0.05, 0.1) is 17.0 Å². The molecule has 0 radical (unpaired) electrons. The molecule has 0 spiro atoms. The van der Waals surface area contributed by atoms with Crippen molar-refractivity contribution >= 4 is 12.6 Å². The van der Waals surface area contributed by atoms with Crippen LogP contribution < -0.4 is 11.2 Å². The number of carbonyl (C=O) groups excluding carboxylic acids is 1. The fraction of sp³-hybridized carbons (Fsp3) is 0.259. The zero-order chi connectivity index (χ0) is 28.0. The van der Waals surface area contributed by atoms with Gasteiger partial charge in [-0.2, -0.15) is 19.1 Å². The lowest BCUT2D eigenvalue weighted by Crippen LogP contribution is -2.24. The molecule has 0 unspecified atom stereocenters. The highest BCUT2D eigenvalue weighted by atomic mass is 19.4. The first-order valence-electron chi connectivity index (χ1n) is 11.4. The maximum Gasteiger partial charge on any atom is 0.416 e. The summed E-state index contributed by atoms with van der Waals surface area (Å²) in [4.78, 5) is 24.2. The summed E-state index contributed by atoms with van der Waals surface area (Å²) >= 11 is 0. The minimum absolute atomic E-state index is 0.129. The van der Waals surface area contributed by atoms with Crippen molar-refractivity contribution in [1.29, 1.82) is 0 Å². The Balaban J connectivity index is 0.000000439. The van der Waals surface area contributed by atoms with Crippen molar-refractivity contribution in [2.75, 3.05) is 0 Å². The van der Waals surface area contributed by atoms with Gasteiger partial charge in [-0.1, -0.05) is 61.9 Å². The van der Waals surface area contributed by atoms with Crippen molar-refractivity contribution in [3.05, 3.63) is 95.4 Å². The molecule has 198 valence electrons. The largest absolute Gasteiger partial charge is 0.416 e. The van der Waals surface area contributed by atoms with Gasteiger partial charge in [0.2, 0.25) is 12.1 Å². The Hall–Kier alpha value is -4.05. The van der Waals surface area contributed by atoms with E-state index in [2.05, 4.69) is 26.8 Å². The van der Waals surface area contributed by atoms with Crippen LogP contribution in [0.4, 0.5) is 13.2 Å². The first-order chi connectivity index (χ1) is 17.5. The van der Waals surface area contributed by atoms with Gasteiger partial charge >= 0.3 is 6.18 Å². The Kier molecular flexibility index (Phi) is 12.7. The molecule has 37 heavy (non-hydrogen) atoms. The summed E-state index contributed by atoms with van der Waals surface area (Å²) in [6, 6.07) is 13.2. The van der Waals surface area contributed by atoms with Crippen LogP contribution in [-0.2, 0) is 22.4 Å². The molecule has 3 aromatic rings. The van der Waals surface area contributed by atoms with E-state index in [0.717, 1.165) is 34.6 Å². The van der Waals surface area contributed by atoms with Gasteiger partial charge < -0.3 is 4.84 Å². The van der Waals surface area contributed by atoms with Crippen LogP contribution in [0.1, 0.15) is 43.2 Å². The van der Waals surface area contributed by atoms with Gasteiger partial charge in [0, 0.05) is 30.4 Å². The Morgan fingerprint density at radius 1 is 1.11 bits per heavy atom. The quantitative estimate of drug-likeness (QED) is 0.195. The number of aromatic nitrogens is 2. The summed E-state index contributed by atoms with van der Waals surface area (Å²) < 4.78 is 37.5. The lowest BCUT2D eigenvalue weighted by atomic mass is 10.1. The minimum Gasteiger partial charge on any atom is -0.387 e. The molecule has 0 fully saturated rings. The highest BCUT2D eigenvalue weighted by Gasteiger charge is 2.29. The van der Waals surface area contributed by atoms with Gasteiger partial charge in [0.25, 0.3) is 5.88 Å². The molecule has 0 aliphatic rings. The first kappa shape index (κ1) is 31.0. The van der Waals surface area contributed by atoms with Crippen molar-refractivity contribution in [1.82, 2.24) is 15.3 Å². The van der Waals surface area contributed by atoms with E-state index in [1.165, 1.54) is 19.2 Å². The second kappa shape index (κ2) is 15.1. The summed E-state index contributed by atoms with van der Waals surface area (Å²) in [5.74, 6) is 4.97. The molecule has 2 aromatic carbocycles. The van der Waals surface area contributed by atoms with Crippen LogP contribution in [-0.4, -0.2) is 27.2 Å². The van der Waals surface area contributed by atoms with Crippen molar-refractivity contribution in [3.63, 3.8) is 0 Å². The highest BCUT2D eigenvalue weighted by molar-refractivity contribution is 5.74. The molecule has 0 aliphatic carbocycles. The van der Waals surface area contributed by atoms with Crippen molar-refractivity contribution in [2.24, 2.45) is 5.90 Å². The normalized spacial score (nSPS) is 10.8. The average Bonchev–Trinajstić information content (AvgIpc) is 2.85. The maximum atomic E-state index is 12.0. The number of alkyl halides is 3. The maximum absolute atomic E-state index is 12.0. The predicted molar refractivity (Wildman–Crippen MR) is 138 cm³/mol. The average molecular weight is 517 g/mol. The summed E-state index contributed by atoms with van der Waals surface area (Å²) in [6.07, 6.45) is 0.648. The number of hydrogen-bond donors (Lipinski definition) is 2. The third-order valence-electron chi connectivity index (χ3n) is 4.57. The smallest absolute Gasteiger partial charge is 0.387 e. The van der Waals surface area contributed by atoms with Crippen LogP contribution in [0.2, 0.25) is 0 Å². The number of nitrogens with two attached hydrogens (primary N) is 1. The summed E-state index contributed by atoms with van der Waals surface area (Å²) in [5.41, 5.74) is 3.81. The fourth-order valence-electron chi connectivity index (χ4n) is 2.99. The molecule has 10 heteroatoms. The molecule has 7 nitrogen and oxygen atoms in total. The Labute approximate surface area is 215 Å². The van der Waals surface area contributed by atoms with Gasteiger partial charge in [-0.3, -0.25) is 20.1 Å². The molecular weight excluding hydrogens is 483 g/mol. The molecule has 0 bridgehead atoms. The van der Waals surface area contributed by atoms with Gasteiger partial charge in [-0.25, -0.2) is 4.58 Å². The van der Waals surface area contributed by atoms with E-state index in [9.17, 15) is 18.0 Å². The van der Waals surface area contributed by atoms with Gasteiger partial charge in [0.15, 0.2) is 6.54 Å². The van der Waals surface area contributed by atoms with E-state index >= 15 is 0 Å². The fourth-order valence-corrected chi connectivity index (χ4v) is 2.99. The third kappa shape index (κ3) is 11.0. The summed E-state index contributed by atoms with van der Waals surface area (Å²) in [7, 11) is 0. The van der Waals surface area contributed by atoms with Gasteiger partial charge in [0.1, 0.15) is 6.72 Å². The molecule has 1 aromatic heterocycles. The van der Waals surface area contributed by atoms with Crippen LogP contribution in [0.25, 0.3) is 11.3 Å². The van der Waals surface area contributed by atoms with Crippen LogP contribution >= 0.6 is 0 Å². The predicted octanol–water partition coefficient (Wildman–Crippen LogP) is 5.53. The minimum atomic E-state index is -4.22. The molecule has 0 atom stereocenters. The van der Waals surface area contributed by atoms with Gasteiger partial charge in [-0.15, -0.1) is 0 Å². The SMILES string of the molecule is C=[N+](/C=C(/NC(C)=O)ON)Cc1ccc(-c2nccnc2C)cc1.CC.Cc1cccc(C(F)(F)F)c1. The lowest BCUT2D eigenvalue weighted by Gasteiger charge is -2.05. The number of benzene rings is 2. The Morgan fingerprint density at radius 2 is 1.73 bits per heavy atom. The molecule has 1 amide bonds. The number of halogens is 3. The molecule has 0 saturated carbocycles. The highest BCUT2D eigenvalue weighted by Crippen LogP contribution is 2.29. The van der Waals surface area contributed by atoms with Crippen molar-refractivity contribution in [3.8, 4) is 11.3 Å². The Bertz CT molecular complexity index is 1190. The van der Waals surface area contributed by atoms with E-state index in [0.29, 0.717) is 12.1 Å². The van der Waals surface area contributed by atoms with Crippen molar-refractivity contribution < 1.29 is 27.4 Å². The number of hydrogen-bond acceptors (Lipinski definition) is 5. The number of rotatable bonds is 6. The number of nitrogens with one attached hydrogen (secondary N) is 1. The zero-order valence-corrected chi connectivity index (χ0v) is 21.6. The summed E-state index contributed by atoms with van der Waals surface area (Å²) in [6.45, 7) is 13.3. The van der Waals surface area contributed by atoms with E-state index < -0.39 is 11.7 Å². The zero-order valence-electron chi connectivity index (χ0n) is 21.6. The topological polar surface area (TPSA) is 93.1 Å². The van der Waals surface area contributed by atoms with Gasteiger partial charge in [-0.05, 0) is 19.9 Å².